The summed E-state index contributed by atoms with van der Waals surface area (Å²) >= 11 is 0. The van der Waals surface area contributed by atoms with E-state index < -0.39 is 0 Å². The van der Waals surface area contributed by atoms with Crippen LogP contribution in [0.4, 0.5) is 0 Å². The van der Waals surface area contributed by atoms with Crippen LogP contribution in [0.15, 0.2) is 24.3 Å². The van der Waals surface area contributed by atoms with Crippen LogP contribution in [-0.4, -0.2) is 25.2 Å². The zero-order valence-electron chi connectivity index (χ0n) is 9.53. The molecule has 1 aromatic rings. The third kappa shape index (κ3) is 2.61. The summed E-state index contributed by atoms with van der Waals surface area (Å²) in [4.78, 5) is 11.9. The summed E-state index contributed by atoms with van der Waals surface area (Å²) in [6, 6.07) is 7.61. The van der Waals surface area contributed by atoms with Gasteiger partial charge in [0, 0.05) is 18.7 Å². The molecular formula is C13H17NO2. The molecule has 0 bridgehead atoms. The molecule has 1 heterocycles. The number of amides is 1. The lowest BCUT2D eigenvalue weighted by Crippen LogP contribution is -2.32. The van der Waals surface area contributed by atoms with E-state index in [2.05, 4.69) is 5.32 Å². The molecule has 1 aliphatic heterocycles. The molecule has 1 aliphatic rings. The van der Waals surface area contributed by atoms with Crippen LogP contribution in [0, 0.1) is 6.92 Å². The molecule has 0 unspecified atom stereocenters. The molecule has 3 nitrogen and oxygen atoms in total. The first-order valence-electron chi connectivity index (χ1n) is 5.73. The molecule has 2 rings (SSSR count). The Morgan fingerprint density at radius 2 is 2.31 bits per heavy atom. The molecule has 0 aromatic heterocycles. The number of nitrogens with one attached hydrogen (secondary N) is 1. The monoisotopic (exact) mass is 219 g/mol. The van der Waals surface area contributed by atoms with Crippen LogP contribution in [0.5, 0.6) is 0 Å². The predicted molar refractivity (Wildman–Crippen MR) is 62.5 cm³/mol. The number of benzene rings is 1. The van der Waals surface area contributed by atoms with Crippen molar-refractivity contribution in [2.24, 2.45) is 0 Å². The van der Waals surface area contributed by atoms with Crippen LogP contribution in [0.3, 0.4) is 0 Å². The summed E-state index contributed by atoms with van der Waals surface area (Å²) in [6.45, 7) is 3.39. The average Bonchev–Trinajstić information content (AvgIpc) is 2.79. The third-order valence-corrected chi connectivity index (χ3v) is 2.90. The Hall–Kier alpha value is -1.35. The maximum absolute atomic E-state index is 11.9. The summed E-state index contributed by atoms with van der Waals surface area (Å²) in [7, 11) is 0. The Morgan fingerprint density at radius 1 is 1.50 bits per heavy atom. The van der Waals surface area contributed by atoms with Gasteiger partial charge >= 0.3 is 0 Å². The number of hydrogen-bond acceptors (Lipinski definition) is 2. The van der Waals surface area contributed by atoms with Crippen LogP contribution >= 0.6 is 0 Å². The van der Waals surface area contributed by atoms with E-state index in [9.17, 15) is 4.79 Å². The van der Waals surface area contributed by atoms with E-state index in [-0.39, 0.29) is 12.0 Å². The van der Waals surface area contributed by atoms with Gasteiger partial charge < -0.3 is 10.1 Å². The van der Waals surface area contributed by atoms with E-state index in [0.29, 0.717) is 6.54 Å². The van der Waals surface area contributed by atoms with E-state index in [1.807, 2.05) is 31.2 Å². The summed E-state index contributed by atoms with van der Waals surface area (Å²) in [6.07, 6.45) is 2.35. The SMILES string of the molecule is Cc1ccccc1C(=O)NC[C@@H]1CCCO1. The highest BCUT2D eigenvalue weighted by molar-refractivity contribution is 5.95. The molecule has 16 heavy (non-hydrogen) atoms. The minimum Gasteiger partial charge on any atom is -0.376 e. The molecule has 0 spiro atoms. The normalized spacial score (nSPS) is 19.7. The van der Waals surface area contributed by atoms with Crippen LogP contribution in [0.2, 0.25) is 0 Å². The van der Waals surface area contributed by atoms with Crippen LogP contribution in [-0.2, 0) is 4.74 Å². The molecule has 1 aromatic carbocycles. The highest BCUT2D eigenvalue weighted by atomic mass is 16.5. The van der Waals surface area contributed by atoms with Gasteiger partial charge in [0.05, 0.1) is 6.10 Å². The topological polar surface area (TPSA) is 38.3 Å². The van der Waals surface area contributed by atoms with Crippen molar-refractivity contribution in [2.75, 3.05) is 13.2 Å². The van der Waals surface area contributed by atoms with Crippen molar-refractivity contribution in [3.63, 3.8) is 0 Å². The number of aryl methyl sites for hydroxylation is 1. The molecule has 1 saturated heterocycles. The van der Waals surface area contributed by atoms with Crippen molar-refractivity contribution in [1.29, 1.82) is 0 Å². The van der Waals surface area contributed by atoms with E-state index in [1.165, 1.54) is 0 Å². The standard InChI is InChI=1S/C13H17NO2/c1-10-5-2-3-7-12(10)13(15)14-9-11-6-4-8-16-11/h2-3,5,7,11H,4,6,8-9H2,1H3,(H,14,15)/t11-/m0/s1. The summed E-state index contributed by atoms with van der Waals surface area (Å²) in [5.74, 6) is -0.00593. The zero-order chi connectivity index (χ0) is 11.4. The number of carbonyl (C=O) groups excluding carboxylic acids is 1. The second kappa shape index (κ2) is 5.12. The van der Waals surface area contributed by atoms with Gasteiger partial charge in [-0.25, -0.2) is 0 Å². The first-order chi connectivity index (χ1) is 7.77. The molecule has 3 heteroatoms. The fourth-order valence-electron chi connectivity index (χ4n) is 1.93. The predicted octanol–water partition coefficient (Wildman–Crippen LogP) is 1.90. The quantitative estimate of drug-likeness (QED) is 0.843. The van der Waals surface area contributed by atoms with Crippen molar-refractivity contribution in [2.45, 2.75) is 25.9 Å². The van der Waals surface area contributed by atoms with Gasteiger partial charge in [-0.05, 0) is 31.4 Å². The van der Waals surface area contributed by atoms with E-state index in [4.69, 9.17) is 4.74 Å². The van der Waals surface area contributed by atoms with Crippen molar-refractivity contribution in [1.82, 2.24) is 5.32 Å². The van der Waals surface area contributed by atoms with Gasteiger partial charge in [0.1, 0.15) is 0 Å². The Morgan fingerprint density at radius 3 is 3.00 bits per heavy atom. The fraction of sp³-hybridized carbons (Fsp3) is 0.462. The number of hydrogen-bond donors (Lipinski definition) is 1. The van der Waals surface area contributed by atoms with Gasteiger partial charge in [0.15, 0.2) is 0 Å². The van der Waals surface area contributed by atoms with E-state index in [1.54, 1.807) is 0 Å². The van der Waals surface area contributed by atoms with Crippen molar-refractivity contribution < 1.29 is 9.53 Å². The Balaban J connectivity index is 1.90. The van der Waals surface area contributed by atoms with Crippen molar-refractivity contribution in [3.8, 4) is 0 Å². The molecule has 0 aliphatic carbocycles. The Bertz CT molecular complexity index is 370. The summed E-state index contributed by atoms with van der Waals surface area (Å²) < 4.78 is 5.45. The molecule has 1 amide bonds. The van der Waals surface area contributed by atoms with E-state index >= 15 is 0 Å². The summed E-state index contributed by atoms with van der Waals surface area (Å²) in [5, 5.41) is 2.92. The first kappa shape index (κ1) is 11.1. The highest BCUT2D eigenvalue weighted by Crippen LogP contribution is 2.11. The van der Waals surface area contributed by atoms with Crippen LogP contribution < -0.4 is 5.32 Å². The first-order valence-corrected chi connectivity index (χ1v) is 5.73. The molecule has 86 valence electrons. The maximum atomic E-state index is 11.9. The smallest absolute Gasteiger partial charge is 0.251 e. The lowest BCUT2D eigenvalue weighted by Gasteiger charge is -2.11. The molecule has 1 atom stereocenters. The summed E-state index contributed by atoms with van der Waals surface area (Å²) in [5.41, 5.74) is 1.76. The third-order valence-electron chi connectivity index (χ3n) is 2.90. The maximum Gasteiger partial charge on any atom is 0.251 e. The second-order valence-electron chi connectivity index (χ2n) is 4.16. The van der Waals surface area contributed by atoms with Crippen molar-refractivity contribution >= 4 is 5.91 Å². The Labute approximate surface area is 95.8 Å². The van der Waals surface area contributed by atoms with Crippen LogP contribution in [0.25, 0.3) is 0 Å². The number of carbonyl (C=O) groups is 1. The highest BCUT2D eigenvalue weighted by Gasteiger charge is 2.16. The molecule has 1 N–H and O–H groups in total. The van der Waals surface area contributed by atoms with Gasteiger partial charge in [-0.3, -0.25) is 4.79 Å². The molecular weight excluding hydrogens is 202 g/mol. The number of ether oxygens (including phenoxy) is 1. The second-order valence-corrected chi connectivity index (χ2v) is 4.16. The van der Waals surface area contributed by atoms with Crippen LogP contribution in [0.1, 0.15) is 28.8 Å². The van der Waals surface area contributed by atoms with Gasteiger partial charge in [-0.15, -0.1) is 0 Å². The molecule has 0 radical (unpaired) electrons. The average molecular weight is 219 g/mol. The van der Waals surface area contributed by atoms with Gasteiger partial charge in [0.25, 0.3) is 5.91 Å². The van der Waals surface area contributed by atoms with E-state index in [0.717, 1.165) is 30.6 Å². The minimum absolute atomic E-state index is 0.00593. The lowest BCUT2D eigenvalue weighted by molar-refractivity contribution is 0.0857. The largest absolute Gasteiger partial charge is 0.376 e. The fourth-order valence-corrected chi connectivity index (χ4v) is 1.93. The zero-order valence-corrected chi connectivity index (χ0v) is 9.53. The molecule has 1 fully saturated rings. The Kier molecular flexibility index (Phi) is 3.57. The minimum atomic E-state index is -0.00593. The van der Waals surface area contributed by atoms with Crippen molar-refractivity contribution in [3.05, 3.63) is 35.4 Å². The number of rotatable bonds is 3. The van der Waals surface area contributed by atoms with Gasteiger partial charge in [-0.1, -0.05) is 18.2 Å². The van der Waals surface area contributed by atoms with Gasteiger partial charge in [-0.2, -0.15) is 0 Å². The molecule has 0 saturated carbocycles. The van der Waals surface area contributed by atoms with Gasteiger partial charge in [0.2, 0.25) is 0 Å². The lowest BCUT2D eigenvalue weighted by atomic mass is 10.1.